The summed E-state index contributed by atoms with van der Waals surface area (Å²) >= 11 is 0. The van der Waals surface area contributed by atoms with Crippen molar-refractivity contribution in [2.24, 2.45) is 14.1 Å². The largest absolute Gasteiger partial charge is 0.389 e. The Kier molecular flexibility index (Phi) is 5.18. The second-order valence-electron chi connectivity index (χ2n) is 8.22. The van der Waals surface area contributed by atoms with E-state index in [1.807, 2.05) is 47.0 Å². The average Bonchev–Trinajstić information content (AvgIpc) is 3.38. The molecule has 9 heteroatoms. The van der Waals surface area contributed by atoms with Crippen molar-refractivity contribution in [1.82, 2.24) is 28.2 Å². The van der Waals surface area contributed by atoms with E-state index in [1.165, 1.54) is 17.9 Å². The Morgan fingerprint density at radius 2 is 1.67 bits per heavy atom. The standard InChI is InChI=1S/C24H24N6O3/c1-27-22-21(23(32)28(2)24(27)33)29(15-25-22)13-17(31)14-30-19-11-7-6-10-18(19)26-20(30)12-16-8-4-3-5-9-16/h3-11,15,17,31H,12-14H2,1-2H3/t17-/m1/s1. The number of aliphatic hydroxyl groups excluding tert-OH is 1. The molecule has 0 aliphatic heterocycles. The molecule has 0 saturated carbocycles. The van der Waals surface area contributed by atoms with Crippen LogP contribution < -0.4 is 11.2 Å². The highest BCUT2D eigenvalue weighted by Gasteiger charge is 2.19. The number of aromatic nitrogens is 6. The Bertz CT molecular complexity index is 1580. The summed E-state index contributed by atoms with van der Waals surface area (Å²) in [4.78, 5) is 33.9. The lowest BCUT2D eigenvalue weighted by atomic mass is 10.1. The minimum Gasteiger partial charge on any atom is -0.389 e. The Labute approximate surface area is 188 Å². The maximum atomic E-state index is 12.7. The van der Waals surface area contributed by atoms with Crippen LogP contribution in [0.4, 0.5) is 0 Å². The summed E-state index contributed by atoms with van der Waals surface area (Å²) in [6.07, 6.45) is 1.32. The second-order valence-corrected chi connectivity index (χ2v) is 8.22. The monoisotopic (exact) mass is 444 g/mol. The number of benzene rings is 2. The third-order valence-electron chi connectivity index (χ3n) is 5.96. The van der Waals surface area contributed by atoms with Gasteiger partial charge in [0.05, 0.1) is 36.6 Å². The van der Waals surface area contributed by atoms with Gasteiger partial charge < -0.3 is 14.2 Å². The molecule has 3 aromatic heterocycles. The van der Waals surface area contributed by atoms with Crippen LogP contribution in [0.5, 0.6) is 0 Å². The molecule has 5 aromatic rings. The zero-order valence-electron chi connectivity index (χ0n) is 18.4. The fourth-order valence-corrected chi connectivity index (χ4v) is 4.27. The summed E-state index contributed by atoms with van der Waals surface area (Å²) in [5, 5.41) is 11.0. The lowest BCUT2D eigenvalue weighted by Gasteiger charge is -2.16. The minimum absolute atomic E-state index is 0.154. The van der Waals surface area contributed by atoms with Gasteiger partial charge in [-0.2, -0.15) is 0 Å². The molecule has 168 valence electrons. The fraction of sp³-hybridized carbons (Fsp3) is 0.250. The Morgan fingerprint density at radius 3 is 2.45 bits per heavy atom. The third-order valence-corrected chi connectivity index (χ3v) is 5.96. The summed E-state index contributed by atoms with van der Waals surface area (Å²) in [5.74, 6) is 0.857. The summed E-state index contributed by atoms with van der Waals surface area (Å²) in [5.41, 5.74) is 2.66. The number of aliphatic hydroxyl groups is 1. The van der Waals surface area contributed by atoms with E-state index < -0.39 is 17.4 Å². The lowest BCUT2D eigenvalue weighted by Crippen LogP contribution is -2.38. The minimum atomic E-state index is -0.809. The van der Waals surface area contributed by atoms with Crippen LogP contribution in [0.3, 0.4) is 0 Å². The Hall–Kier alpha value is -3.98. The number of rotatable bonds is 6. The van der Waals surface area contributed by atoms with E-state index in [0.717, 1.165) is 27.0 Å². The van der Waals surface area contributed by atoms with E-state index in [4.69, 9.17) is 4.98 Å². The molecule has 2 aromatic carbocycles. The molecule has 3 heterocycles. The summed E-state index contributed by atoms with van der Waals surface area (Å²) in [6.45, 7) is 0.454. The SMILES string of the molecule is Cn1c(=O)c2c(ncn2C[C@@H](O)Cn2c(Cc3ccccc3)nc3ccccc32)n(C)c1=O. The van der Waals surface area contributed by atoms with Crippen LogP contribution in [0.25, 0.3) is 22.2 Å². The number of hydrogen-bond donors (Lipinski definition) is 1. The molecule has 5 rings (SSSR count). The summed E-state index contributed by atoms with van der Waals surface area (Å²) < 4.78 is 6.02. The van der Waals surface area contributed by atoms with Gasteiger partial charge in [0.1, 0.15) is 5.82 Å². The number of nitrogens with zero attached hydrogens (tertiary/aromatic N) is 6. The van der Waals surface area contributed by atoms with Crippen molar-refractivity contribution in [2.45, 2.75) is 25.6 Å². The molecule has 33 heavy (non-hydrogen) atoms. The molecular weight excluding hydrogens is 420 g/mol. The zero-order chi connectivity index (χ0) is 23.1. The van der Waals surface area contributed by atoms with Crippen molar-refractivity contribution in [3.8, 4) is 0 Å². The topological polar surface area (TPSA) is 99.9 Å². The van der Waals surface area contributed by atoms with Gasteiger partial charge in [-0.15, -0.1) is 0 Å². The third kappa shape index (κ3) is 3.66. The summed E-state index contributed by atoms with van der Waals surface area (Å²) in [6, 6.07) is 17.9. The molecule has 9 nitrogen and oxygen atoms in total. The van der Waals surface area contributed by atoms with Crippen molar-refractivity contribution in [3.63, 3.8) is 0 Å². The Balaban J connectivity index is 1.49. The molecule has 0 radical (unpaired) electrons. The van der Waals surface area contributed by atoms with Crippen LogP contribution in [0.15, 0.2) is 70.5 Å². The van der Waals surface area contributed by atoms with Crippen molar-refractivity contribution >= 4 is 22.2 Å². The van der Waals surface area contributed by atoms with Gasteiger partial charge in [0, 0.05) is 20.5 Å². The number of para-hydroxylation sites is 2. The first-order chi connectivity index (χ1) is 15.9. The number of fused-ring (bicyclic) bond motifs is 2. The smallest absolute Gasteiger partial charge is 0.332 e. The van der Waals surface area contributed by atoms with Crippen LogP contribution in [-0.4, -0.2) is 39.4 Å². The number of imidazole rings is 2. The maximum absolute atomic E-state index is 12.7. The summed E-state index contributed by atoms with van der Waals surface area (Å²) in [7, 11) is 3.01. The van der Waals surface area contributed by atoms with E-state index in [-0.39, 0.29) is 6.54 Å². The molecule has 1 atom stereocenters. The Morgan fingerprint density at radius 1 is 0.939 bits per heavy atom. The van der Waals surface area contributed by atoms with Gasteiger partial charge in [-0.1, -0.05) is 42.5 Å². The molecule has 1 N–H and O–H groups in total. The first kappa shape index (κ1) is 20.9. The first-order valence-corrected chi connectivity index (χ1v) is 10.7. The van der Waals surface area contributed by atoms with E-state index in [9.17, 15) is 14.7 Å². The molecule has 0 aliphatic carbocycles. The van der Waals surface area contributed by atoms with Gasteiger partial charge in [-0.3, -0.25) is 13.9 Å². The van der Waals surface area contributed by atoms with Gasteiger partial charge in [0.25, 0.3) is 5.56 Å². The fourth-order valence-electron chi connectivity index (χ4n) is 4.27. The van der Waals surface area contributed by atoms with E-state index in [1.54, 1.807) is 11.6 Å². The second kappa shape index (κ2) is 8.18. The van der Waals surface area contributed by atoms with Crippen LogP contribution in [-0.2, 0) is 33.6 Å². The zero-order valence-corrected chi connectivity index (χ0v) is 18.4. The predicted octanol–water partition coefficient (Wildman–Crippen LogP) is 1.44. The van der Waals surface area contributed by atoms with Gasteiger partial charge in [0.2, 0.25) is 0 Å². The molecule has 0 spiro atoms. The molecular formula is C24H24N6O3. The van der Waals surface area contributed by atoms with Gasteiger partial charge in [-0.05, 0) is 17.7 Å². The number of hydrogen-bond acceptors (Lipinski definition) is 5. The van der Waals surface area contributed by atoms with E-state index in [2.05, 4.69) is 17.1 Å². The molecule has 0 fully saturated rings. The van der Waals surface area contributed by atoms with Crippen LogP contribution in [0.1, 0.15) is 11.4 Å². The van der Waals surface area contributed by atoms with Crippen LogP contribution >= 0.6 is 0 Å². The molecule has 0 amide bonds. The highest BCUT2D eigenvalue weighted by Crippen LogP contribution is 2.20. The van der Waals surface area contributed by atoms with Crippen LogP contribution in [0.2, 0.25) is 0 Å². The van der Waals surface area contributed by atoms with Gasteiger partial charge >= 0.3 is 5.69 Å². The van der Waals surface area contributed by atoms with Crippen molar-refractivity contribution in [2.75, 3.05) is 0 Å². The van der Waals surface area contributed by atoms with Gasteiger partial charge in [0.15, 0.2) is 11.2 Å². The lowest BCUT2D eigenvalue weighted by molar-refractivity contribution is 0.136. The maximum Gasteiger partial charge on any atom is 0.332 e. The van der Waals surface area contributed by atoms with Crippen molar-refractivity contribution in [1.29, 1.82) is 0 Å². The predicted molar refractivity (Wildman–Crippen MR) is 125 cm³/mol. The molecule has 0 saturated heterocycles. The van der Waals surface area contributed by atoms with E-state index >= 15 is 0 Å². The van der Waals surface area contributed by atoms with E-state index in [0.29, 0.717) is 24.1 Å². The van der Waals surface area contributed by atoms with Crippen LogP contribution in [0, 0.1) is 0 Å². The molecule has 0 unspecified atom stereocenters. The number of aryl methyl sites for hydroxylation is 1. The van der Waals surface area contributed by atoms with Crippen molar-refractivity contribution in [3.05, 3.63) is 93.2 Å². The van der Waals surface area contributed by atoms with Gasteiger partial charge in [-0.25, -0.2) is 14.8 Å². The first-order valence-electron chi connectivity index (χ1n) is 10.7. The normalized spacial score (nSPS) is 12.6. The highest BCUT2D eigenvalue weighted by molar-refractivity contribution is 5.76. The molecule has 0 aliphatic rings. The average molecular weight is 444 g/mol. The molecule has 0 bridgehead atoms. The highest BCUT2D eigenvalue weighted by atomic mass is 16.3. The van der Waals surface area contributed by atoms with Crippen molar-refractivity contribution < 1.29 is 5.11 Å². The quantitative estimate of drug-likeness (QED) is 0.427.